The van der Waals surface area contributed by atoms with E-state index in [1.807, 2.05) is 30.3 Å². The third kappa shape index (κ3) is 2.31. The molecule has 0 N–H and O–H groups in total. The molecule has 0 aromatic heterocycles. The summed E-state index contributed by atoms with van der Waals surface area (Å²) in [6, 6.07) is 9.34. The van der Waals surface area contributed by atoms with Crippen molar-refractivity contribution in [2.24, 2.45) is 5.92 Å². The Balaban J connectivity index is 1.74. The monoisotopic (exact) mass is 370 g/mol. The zero-order valence-electron chi connectivity index (χ0n) is 14.9. The van der Waals surface area contributed by atoms with Crippen molar-refractivity contribution in [1.29, 1.82) is 0 Å². The molecule has 27 heavy (non-hydrogen) atoms. The maximum atomic E-state index is 12.6. The summed E-state index contributed by atoms with van der Waals surface area (Å²) < 4.78 is 33.5. The second-order valence-corrected chi connectivity index (χ2v) is 6.62. The van der Waals surface area contributed by atoms with E-state index in [2.05, 4.69) is 0 Å². The van der Waals surface area contributed by atoms with Crippen molar-refractivity contribution in [3.05, 3.63) is 41.5 Å². The Hall–Kier alpha value is -3.09. The molecule has 0 spiro atoms. The number of hydrogen-bond donors (Lipinski definition) is 0. The Bertz CT molecular complexity index is 923. The van der Waals surface area contributed by atoms with Gasteiger partial charge in [0.15, 0.2) is 23.0 Å². The number of ether oxygens (including phenoxy) is 6. The lowest BCUT2D eigenvalue weighted by Crippen LogP contribution is -2.37. The van der Waals surface area contributed by atoms with Crippen LogP contribution >= 0.6 is 0 Å². The van der Waals surface area contributed by atoms with E-state index in [0.717, 1.165) is 11.1 Å². The van der Waals surface area contributed by atoms with Gasteiger partial charge < -0.3 is 28.4 Å². The number of para-hydroxylation sites is 1. The molecule has 2 aromatic rings. The van der Waals surface area contributed by atoms with Crippen LogP contribution in [0.3, 0.4) is 0 Å². The maximum absolute atomic E-state index is 12.6. The fourth-order valence-electron chi connectivity index (χ4n) is 4.13. The molecular weight excluding hydrogens is 352 g/mol. The second kappa shape index (κ2) is 5.97. The van der Waals surface area contributed by atoms with Crippen LogP contribution in [0.5, 0.6) is 28.7 Å². The SMILES string of the molecule is COc1cccc([C@@H]2c3cc4c(cc3O[C@@H]3COC(=O)[C@H]23)OCO4)c1OC. The summed E-state index contributed by atoms with van der Waals surface area (Å²) in [5.41, 5.74) is 1.68. The van der Waals surface area contributed by atoms with Gasteiger partial charge in [0.2, 0.25) is 6.79 Å². The van der Waals surface area contributed by atoms with Crippen LogP contribution in [0.1, 0.15) is 17.0 Å². The summed E-state index contributed by atoms with van der Waals surface area (Å²) in [6.07, 6.45) is -0.369. The molecule has 3 aliphatic heterocycles. The van der Waals surface area contributed by atoms with Gasteiger partial charge in [-0.1, -0.05) is 12.1 Å². The summed E-state index contributed by atoms with van der Waals surface area (Å²) in [6.45, 7) is 0.389. The average Bonchev–Trinajstić information content (AvgIpc) is 3.30. The van der Waals surface area contributed by atoms with Crippen LogP contribution in [-0.2, 0) is 9.53 Å². The van der Waals surface area contributed by atoms with Gasteiger partial charge in [0.1, 0.15) is 24.4 Å². The topological polar surface area (TPSA) is 72.5 Å². The molecule has 0 bridgehead atoms. The minimum atomic E-state index is -0.473. The highest BCUT2D eigenvalue weighted by Gasteiger charge is 2.50. The molecule has 3 atom stereocenters. The van der Waals surface area contributed by atoms with Gasteiger partial charge in [0.05, 0.1) is 14.2 Å². The van der Waals surface area contributed by atoms with Gasteiger partial charge in [-0.3, -0.25) is 4.79 Å². The van der Waals surface area contributed by atoms with E-state index in [-0.39, 0.29) is 31.4 Å². The zero-order chi connectivity index (χ0) is 18.5. The highest BCUT2D eigenvalue weighted by Crippen LogP contribution is 2.53. The van der Waals surface area contributed by atoms with Gasteiger partial charge in [-0.25, -0.2) is 0 Å². The summed E-state index contributed by atoms with van der Waals surface area (Å²) in [4.78, 5) is 12.6. The lowest BCUT2D eigenvalue weighted by molar-refractivity contribution is -0.141. The number of rotatable bonds is 3. The van der Waals surface area contributed by atoms with E-state index in [1.165, 1.54) is 0 Å². The molecular formula is C20H18O7. The molecule has 0 amide bonds. The number of fused-ring (bicyclic) bond motifs is 3. The van der Waals surface area contributed by atoms with Gasteiger partial charge in [0, 0.05) is 23.1 Å². The van der Waals surface area contributed by atoms with Gasteiger partial charge in [-0.2, -0.15) is 0 Å². The van der Waals surface area contributed by atoms with Gasteiger partial charge >= 0.3 is 5.97 Å². The van der Waals surface area contributed by atoms with Crippen molar-refractivity contribution in [3.63, 3.8) is 0 Å². The minimum absolute atomic E-state index is 0.167. The minimum Gasteiger partial charge on any atom is -0.493 e. The Morgan fingerprint density at radius 2 is 1.78 bits per heavy atom. The molecule has 1 fully saturated rings. The van der Waals surface area contributed by atoms with Gasteiger partial charge in [-0.15, -0.1) is 0 Å². The van der Waals surface area contributed by atoms with Crippen LogP contribution in [0, 0.1) is 5.92 Å². The predicted octanol–water partition coefficient (Wildman–Crippen LogP) is 2.50. The fourth-order valence-corrected chi connectivity index (χ4v) is 4.13. The van der Waals surface area contributed by atoms with E-state index in [1.54, 1.807) is 14.2 Å². The summed E-state index contributed by atoms with van der Waals surface area (Å²) in [5.74, 6) is 2.06. The fraction of sp³-hybridized carbons (Fsp3) is 0.350. The van der Waals surface area contributed by atoms with E-state index >= 15 is 0 Å². The first-order chi connectivity index (χ1) is 13.2. The highest BCUT2D eigenvalue weighted by atomic mass is 16.7. The van der Waals surface area contributed by atoms with E-state index in [4.69, 9.17) is 28.4 Å². The normalized spacial score (nSPS) is 24.5. The summed E-state index contributed by atoms with van der Waals surface area (Å²) in [7, 11) is 3.18. The number of carbonyl (C=O) groups excluding carboxylic acids is 1. The van der Waals surface area contributed by atoms with Crippen LogP contribution < -0.4 is 23.7 Å². The Morgan fingerprint density at radius 3 is 2.56 bits per heavy atom. The first-order valence-electron chi connectivity index (χ1n) is 8.69. The van der Waals surface area contributed by atoms with Crippen LogP contribution in [0.15, 0.2) is 30.3 Å². The third-order valence-corrected chi connectivity index (χ3v) is 5.31. The number of methoxy groups -OCH3 is 2. The van der Waals surface area contributed by atoms with Crippen molar-refractivity contribution in [1.82, 2.24) is 0 Å². The van der Waals surface area contributed by atoms with Crippen LogP contribution in [0.4, 0.5) is 0 Å². The third-order valence-electron chi connectivity index (χ3n) is 5.31. The summed E-state index contributed by atoms with van der Waals surface area (Å²) in [5, 5.41) is 0. The molecule has 7 nitrogen and oxygen atoms in total. The standard InChI is InChI=1S/C20H18O7/c1-22-12-5-3-4-10(19(12)23-2)17-11-6-14-15(26-9-25-14)7-13(11)27-16-8-24-20(21)18(16)17/h3-7,16-18H,8-9H2,1-2H3/t16-,17-,18+/m1/s1. The van der Waals surface area contributed by atoms with Crippen LogP contribution in [0.2, 0.25) is 0 Å². The smallest absolute Gasteiger partial charge is 0.313 e. The molecule has 0 unspecified atom stereocenters. The summed E-state index contributed by atoms with van der Waals surface area (Å²) >= 11 is 0. The van der Waals surface area contributed by atoms with E-state index in [0.29, 0.717) is 28.7 Å². The molecule has 3 aliphatic rings. The number of hydrogen-bond acceptors (Lipinski definition) is 7. The molecule has 2 aromatic carbocycles. The molecule has 7 heteroatoms. The highest BCUT2D eigenvalue weighted by molar-refractivity contribution is 5.79. The molecule has 0 radical (unpaired) electrons. The van der Waals surface area contributed by atoms with Gasteiger partial charge in [-0.05, 0) is 12.1 Å². The number of cyclic esters (lactones) is 1. The second-order valence-electron chi connectivity index (χ2n) is 6.62. The van der Waals surface area contributed by atoms with E-state index in [9.17, 15) is 4.79 Å². The first-order valence-corrected chi connectivity index (χ1v) is 8.69. The molecule has 0 aliphatic carbocycles. The average molecular weight is 370 g/mol. The zero-order valence-corrected chi connectivity index (χ0v) is 14.9. The quantitative estimate of drug-likeness (QED) is 0.769. The molecule has 5 rings (SSSR count). The lowest BCUT2D eigenvalue weighted by Gasteiger charge is -2.34. The maximum Gasteiger partial charge on any atom is 0.313 e. The van der Waals surface area contributed by atoms with Crippen molar-refractivity contribution in [2.75, 3.05) is 27.6 Å². The Morgan fingerprint density at radius 1 is 0.963 bits per heavy atom. The predicted molar refractivity (Wildman–Crippen MR) is 92.8 cm³/mol. The molecule has 0 saturated carbocycles. The molecule has 3 heterocycles. The molecule has 1 saturated heterocycles. The number of carbonyl (C=O) groups is 1. The Kier molecular flexibility index (Phi) is 3.56. The van der Waals surface area contributed by atoms with Crippen molar-refractivity contribution >= 4 is 5.97 Å². The van der Waals surface area contributed by atoms with Gasteiger partial charge in [0.25, 0.3) is 0 Å². The Labute approximate surface area is 155 Å². The molecule has 140 valence electrons. The lowest BCUT2D eigenvalue weighted by atomic mass is 9.76. The number of esters is 1. The van der Waals surface area contributed by atoms with Crippen molar-refractivity contribution in [2.45, 2.75) is 12.0 Å². The van der Waals surface area contributed by atoms with Crippen LogP contribution in [-0.4, -0.2) is 39.7 Å². The number of benzene rings is 2. The first kappa shape index (κ1) is 16.1. The van der Waals surface area contributed by atoms with Crippen molar-refractivity contribution in [3.8, 4) is 28.7 Å². The van der Waals surface area contributed by atoms with E-state index < -0.39 is 5.92 Å². The van der Waals surface area contributed by atoms with Crippen LogP contribution in [0.25, 0.3) is 0 Å². The van der Waals surface area contributed by atoms with Crippen molar-refractivity contribution < 1.29 is 33.2 Å². The largest absolute Gasteiger partial charge is 0.493 e.